The normalized spacial score (nSPS) is 10.1. The number of hydrogen-bond acceptors (Lipinski definition) is 6. The first-order valence-electron chi connectivity index (χ1n) is 7.31. The van der Waals surface area contributed by atoms with Gasteiger partial charge in [0.2, 0.25) is 5.91 Å². The van der Waals surface area contributed by atoms with Crippen molar-refractivity contribution >= 4 is 23.4 Å². The molecule has 1 amide bonds. The molecule has 0 bridgehead atoms. The van der Waals surface area contributed by atoms with Crippen molar-refractivity contribution in [1.82, 2.24) is 20.8 Å². The molecule has 1 aromatic heterocycles. The van der Waals surface area contributed by atoms with Crippen LogP contribution in [0.4, 0.5) is 0 Å². The second-order valence-electron chi connectivity index (χ2n) is 5.11. The number of thioether (sulfide) groups is 1. The van der Waals surface area contributed by atoms with Crippen molar-refractivity contribution in [2.75, 3.05) is 12.9 Å². The van der Waals surface area contributed by atoms with Gasteiger partial charge in [0.15, 0.2) is 5.16 Å². The molecule has 2 rings (SSSR count). The van der Waals surface area contributed by atoms with Crippen LogP contribution in [0, 0.1) is 13.8 Å². The van der Waals surface area contributed by atoms with E-state index in [1.54, 1.807) is 7.11 Å². The number of amides is 1. The Bertz CT molecular complexity index is 729. The van der Waals surface area contributed by atoms with Crippen molar-refractivity contribution < 1.29 is 9.53 Å². The number of rotatable bonds is 7. The average molecular weight is 344 g/mol. The van der Waals surface area contributed by atoms with Gasteiger partial charge in [0.05, 0.1) is 18.6 Å². The smallest absolute Gasteiger partial charge is 0.248 e. The largest absolute Gasteiger partial charge is 0.497 e. The molecule has 1 heterocycles. The molecule has 2 aromatic rings. The molecule has 0 aliphatic heterocycles. The SMILES string of the molecule is C=C(NNC(=O)CSc1nc(C)cc(C)n1)c1cccc(OC)c1. The molecule has 0 unspecified atom stereocenters. The third-order valence-corrected chi connectivity index (χ3v) is 3.91. The van der Waals surface area contributed by atoms with Crippen molar-refractivity contribution in [2.45, 2.75) is 19.0 Å². The van der Waals surface area contributed by atoms with Crippen molar-refractivity contribution in [3.63, 3.8) is 0 Å². The Morgan fingerprint density at radius 1 is 1.21 bits per heavy atom. The second kappa shape index (κ2) is 8.35. The number of ether oxygens (including phenoxy) is 1. The van der Waals surface area contributed by atoms with E-state index in [-0.39, 0.29) is 11.7 Å². The summed E-state index contributed by atoms with van der Waals surface area (Å²) in [6, 6.07) is 9.30. The zero-order valence-corrected chi connectivity index (χ0v) is 14.7. The zero-order chi connectivity index (χ0) is 17.5. The number of aryl methyl sites for hydroxylation is 2. The van der Waals surface area contributed by atoms with E-state index in [9.17, 15) is 4.79 Å². The Balaban J connectivity index is 1.83. The third-order valence-electron chi connectivity index (χ3n) is 3.07. The molecule has 7 heteroatoms. The first-order chi connectivity index (χ1) is 11.5. The van der Waals surface area contributed by atoms with Crippen LogP contribution in [0.2, 0.25) is 0 Å². The Morgan fingerprint density at radius 3 is 2.58 bits per heavy atom. The number of benzene rings is 1. The van der Waals surface area contributed by atoms with Gasteiger partial charge >= 0.3 is 0 Å². The van der Waals surface area contributed by atoms with Crippen molar-refractivity contribution in [2.24, 2.45) is 0 Å². The Kier molecular flexibility index (Phi) is 6.20. The van der Waals surface area contributed by atoms with E-state index < -0.39 is 0 Å². The molecule has 0 atom stereocenters. The predicted octanol–water partition coefficient (Wildman–Crippen LogP) is 2.49. The third kappa shape index (κ3) is 5.27. The van der Waals surface area contributed by atoms with E-state index in [4.69, 9.17) is 4.74 Å². The minimum absolute atomic E-state index is 0.188. The molecule has 126 valence electrons. The molecule has 0 saturated heterocycles. The molecule has 24 heavy (non-hydrogen) atoms. The lowest BCUT2D eigenvalue weighted by Crippen LogP contribution is -2.37. The van der Waals surface area contributed by atoms with Crippen molar-refractivity contribution in [1.29, 1.82) is 0 Å². The van der Waals surface area contributed by atoms with E-state index in [1.807, 2.05) is 44.2 Å². The number of nitrogens with one attached hydrogen (secondary N) is 2. The molecule has 2 N–H and O–H groups in total. The summed E-state index contributed by atoms with van der Waals surface area (Å²) in [5, 5.41) is 0.592. The van der Waals surface area contributed by atoms with Gasteiger partial charge in [0.25, 0.3) is 0 Å². The van der Waals surface area contributed by atoms with E-state index in [2.05, 4.69) is 27.4 Å². The lowest BCUT2D eigenvalue weighted by Gasteiger charge is -2.12. The highest BCUT2D eigenvalue weighted by atomic mass is 32.2. The van der Waals surface area contributed by atoms with Gasteiger partial charge in [0, 0.05) is 17.0 Å². The van der Waals surface area contributed by atoms with Crippen LogP contribution in [0.3, 0.4) is 0 Å². The summed E-state index contributed by atoms with van der Waals surface area (Å²) in [7, 11) is 1.60. The van der Waals surface area contributed by atoms with Gasteiger partial charge in [-0.2, -0.15) is 0 Å². The van der Waals surface area contributed by atoms with Crippen LogP contribution >= 0.6 is 11.8 Å². The maximum Gasteiger partial charge on any atom is 0.248 e. The highest BCUT2D eigenvalue weighted by molar-refractivity contribution is 7.99. The number of aromatic nitrogens is 2. The fourth-order valence-electron chi connectivity index (χ4n) is 1.95. The number of carbonyl (C=O) groups excluding carboxylic acids is 1. The molecule has 0 saturated carbocycles. The summed E-state index contributed by atoms with van der Waals surface area (Å²) in [5.74, 6) is 0.748. The number of methoxy groups -OCH3 is 1. The van der Waals surface area contributed by atoms with Crippen LogP contribution in [0.1, 0.15) is 17.0 Å². The van der Waals surface area contributed by atoms with Gasteiger partial charge in [-0.15, -0.1) is 0 Å². The van der Waals surface area contributed by atoms with Crippen LogP contribution in [0.15, 0.2) is 42.1 Å². The number of nitrogens with zero attached hydrogens (tertiary/aromatic N) is 2. The minimum Gasteiger partial charge on any atom is -0.497 e. The summed E-state index contributed by atoms with van der Waals surface area (Å²) in [5.41, 5.74) is 8.60. The summed E-state index contributed by atoms with van der Waals surface area (Å²) in [6.45, 7) is 7.70. The first-order valence-corrected chi connectivity index (χ1v) is 8.30. The quantitative estimate of drug-likeness (QED) is 0.457. The van der Waals surface area contributed by atoms with Gasteiger partial charge in [0.1, 0.15) is 5.75 Å². The second-order valence-corrected chi connectivity index (χ2v) is 6.05. The minimum atomic E-state index is -0.188. The summed E-state index contributed by atoms with van der Waals surface area (Å²) >= 11 is 1.29. The molecule has 0 aliphatic carbocycles. The lowest BCUT2D eigenvalue weighted by molar-refractivity contribution is -0.119. The molecule has 6 nitrogen and oxygen atoms in total. The summed E-state index contributed by atoms with van der Waals surface area (Å²) in [4.78, 5) is 20.5. The molecule has 0 fully saturated rings. The van der Waals surface area contributed by atoms with Crippen LogP contribution in [0.5, 0.6) is 5.75 Å². The van der Waals surface area contributed by atoms with Crippen molar-refractivity contribution in [3.8, 4) is 5.75 Å². The van der Waals surface area contributed by atoms with Gasteiger partial charge in [-0.3, -0.25) is 15.6 Å². The maximum absolute atomic E-state index is 11.9. The average Bonchev–Trinajstić information content (AvgIpc) is 2.57. The molecular formula is C17H20N4O2S. The van der Waals surface area contributed by atoms with Crippen LogP contribution in [-0.2, 0) is 4.79 Å². The van der Waals surface area contributed by atoms with Crippen LogP contribution in [0.25, 0.3) is 5.70 Å². The maximum atomic E-state index is 11.9. The van der Waals surface area contributed by atoms with Gasteiger partial charge in [-0.1, -0.05) is 30.5 Å². The van der Waals surface area contributed by atoms with E-state index in [0.29, 0.717) is 10.9 Å². The molecule has 1 aromatic carbocycles. The monoisotopic (exact) mass is 344 g/mol. The fourth-order valence-corrected chi connectivity index (χ4v) is 2.70. The highest BCUT2D eigenvalue weighted by Gasteiger charge is 2.07. The van der Waals surface area contributed by atoms with Crippen molar-refractivity contribution in [3.05, 3.63) is 53.9 Å². The van der Waals surface area contributed by atoms with E-state index in [1.165, 1.54) is 11.8 Å². The molecular weight excluding hydrogens is 324 g/mol. The Labute approximate surface area is 145 Å². The summed E-state index contributed by atoms with van der Waals surface area (Å²) in [6.07, 6.45) is 0. The number of carbonyl (C=O) groups is 1. The van der Waals surface area contributed by atoms with Gasteiger partial charge < -0.3 is 4.74 Å². The highest BCUT2D eigenvalue weighted by Crippen LogP contribution is 2.17. The number of hydrazine groups is 1. The standard InChI is InChI=1S/C17H20N4O2S/c1-11-8-12(2)19-17(18-11)24-10-16(22)21-20-13(3)14-6-5-7-15(9-14)23-4/h5-9,20H,3,10H2,1-2,4H3,(H,21,22). The van der Waals surface area contributed by atoms with Crippen LogP contribution < -0.4 is 15.6 Å². The van der Waals surface area contributed by atoms with E-state index in [0.717, 1.165) is 22.7 Å². The van der Waals surface area contributed by atoms with Gasteiger partial charge in [-0.25, -0.2) is 9.97 Å². The summed E-state index contributed by atoms with van der Waals surface area (Å²) < 4.78 is 5.16. The fraction of sp³-hybridized carbons (Fsp3) is 0.235. The Morgan fingerprint density at radius 2 is 1.92 bits per heavy atom. The first kappa shape index (κ1) is 17.8. The topological polar surface area (TPSA) is 76.1 Å². The van der Waals surface area contributed by atoms with Crippen LogP contribution in [-0.4, -0.2) is 28.7 Å². The van der Waals surface area contributed by atoms with Gasteiger partial charge in [-0.05, 0) is 32.0 Å². The molecule has 0 spiro atoms. The molecule has 0 radical (unpaired) electrons. The zero-order valence-electron chi connectivity index (χ0n) is 13.9. The lowest BCUT2D eigenvalue weighted by atomic mass is 10.2. The number of hydrogen-bond donors (Lipinski definition) is 2. The predicted molar refractivity (Wildman–Crippen MR) is 95.5 cm³/mol. The Hall–Kier alpha value is -2.54. The van der Waals surface area contributed by atoms with E-state index >= 15 is 0 Å². The molecule has 0 aliphatic rings.